The van der Waals surface area contributed by atoms with Gasteiger partial charge in [0.2, 0.25) is 5.91 Å². The normalized spacial score (nSPS) is 10.8. The lowest BCUT2D eigenvalue weighted by atomic mass is 10.0. The molecule has 0 spiro atoms. The largest absolute Gasteiger partial charge is 0.378 e. The molecule has 0 atom stereocenters. The fraction of sp³-hybridized carbons (Fsp3) is 0.857. The number of rotatable bonds is 13. The van der Waals surface area contributed by atoms with E-state index in [2.05, 4.69) is 10.6 Å². The van der Waals surface area contributed by atoms with Crippen molar-refractivity contribution in [1.29, 1.82) is 0 Å². The van der Waals surface area contributed by atoms with Crippen LogP contribution in [0.5, 0.6) is 0 Å². The van der Waals surface area contributed by atoms with Crippen LogP contribution in [-0.2, 0) is 19.1 Å². The Labute approximate surface area is 124 Å². The molecule has 1 amide bonds. The molecule has 0 aliphatic rings. The molecule has 0 heterocycles. The molecule has 0 saturated heterocycles. The van der Waals surface area contributed by atoms with E-state index in [0.29, 0.717) is 39.4 Å². The Morgan fingerprint density at radius 2 is 1.60 bits per heavy atom. The van der Waals surface area contributed by atoms with Crippen LogP contribution in [0.25, 0.3) is 0 Å². The quantitative estimate of drug-likeness (QED) is 0.492. The minimum absolute atomic E-state index is 0. The average Bonchev–Trinajstić information content (AvgIpc) is 2.42. The van der Waals surface area contributed by atoms with Crippen molar-refractivity contribution in [3.05, 3.63) is 0 Å². The van der Waals surface area contributed by atoms with E-state index in [1.165, 1.54) is 0 Å². The number of amides is 1. The van der Waals surface area contributed by atoms with Gasteiger partial charge in [-0.05, 0) is 7.05 Å². The van der Waals surface area contributed by atoms with Gasteiger partial charge in [-0.1, -0.05) is 13.8 Å². The van der Waals surface area contributed by atoms with Crippen molar-refractivity contribution in [3.8, 4) is 0 Å². The second-order valence-corrected chi connectivity index (χ2v) is 4.80. The maximum Gasteiger partial charge on any atom is 0.220 e. The summed E-state index contributed by atoms with van der Waals surface area (Å²) in [6.07, 6.45) is 0.563. The first-order valence-electron chi connectivity index (χ1n) is 7.17. The van der Waals surface area contributed by atoms with E-state index in [4.69, 9.17) is 9.47 Å². The molecule has 2 N–H and O–H groups in total. The Kier molecular flexibility index (Phi) is 12.4. The first-order valence-corrected chi connectivity index (χ1v) is 7.17. The van der Waals surface area contributed by atoms with Gasteiger partial charge >= 0.3 is 0 Å². The van der Waals surface area contributed by atoms with Crippen molar-refractivity contribution in [1.82, 2.24) is 10.6 Å². The summed E-state index contributed by atoms with van der Waals surface area (Å²) < 4.78 is 10.6. The molecule has 6 nitrogen and oxygen atoms in total. The summed E-state index contributed by atoms with van der Waals surface area (Å²) in [5, 5.41) is 5.70. The van der Waals surface area contributed by atoms with E-state index in [0.717, 1.165) is 6.54 Å². The second-order valence-electron chi connectivity index (χ2n) is 4.80. The van der Waals surface area contributed by atoms with E-state index in [1.807, 2.05) is 20.9 Å². The van der Waals surface area contributed by atoms with Gasteiger partial charge in [0.05, 0.1) is 26.4 Å². The van der Waals surface area contributed by atoms with Gasteiger partial charge in [-0.15, -0.1) is 0 Å². The van der Waals surface area contributed by atoms with E-state index in [9.17, 15) is 9.59 Å². The lowest BCUT2D eigenvalue weighted by Crippen LogP contribution is -2.28. The van der Waals surface area contributed by atoms with Crippen LogP contribution in [0.3, 0.4) is 0 Å². The van der Waals surface area contributed by atoms with Gasteiger partial charge < -0.3 is 20.1 Å². The number of nitrogens with one attached hydrogen (secondary N) is 2. The highest BCUT2D eigenvalue weighted by Crippen LogP contribution is 2.01. The lowest BCUT2D eigenvalue weighted by molar-refractivity contribution is -0.126. The highest BCUT2D eigenvalue weighted by Gasteiger charge is 2.09. The molecule has 0 aliphatic heterocycles. The number of hydrogen-bond donors (Lipinski definition) is 2. The van der Waals surface area contributed by atoms with Gasteiger partial charge in [-0.2, -0.15) is 0 Å². The van der Waals surface area contributed by atoms with Crippen LogP contribution in [-0.4, -0.2) is 58.3 Å². The summed E-state index contributed by atoms with van der Waals surface area (Å²) in [4.78, 5) is 22.8. The summed E-state index contributed by atoms with van der Waals surface area (Å²) in [7, 11) is 1.87. The number of likely N-dealkylation sites (N-methyl/N-ethyl adjacent to an activating group) is 1. The summed E-state index contributed by atoms with van der Waals surface area (Å²) in [5.74, 6) is 0.0111. The number of hydrogen-bond acceptors (Lipinski definition) is 5. The molecule has 0 radical (unpaired) electrons. The monoisotopic (exact) mass is 292 g/mol. The Morgan fingerprint density at radius 3 is 2.15 bits per heavy atom. The van der Waals surface area contributed by atoms with Gasteiger partial charge in [0, 0.05) is 34.7 Å². The predicted octanol–water partition coefficient (Wildman–Crippen LogP) is 0.853. The maximum absolute atomic E-state index is 11.4. The van der Waals surface area contributed by atoms with Crippen LogP contribution < -0.4 is 10.6 Å². The molecule has 0 aromatic carbocycles. The Balaban J connectivity index is -0.00000180. The molecule has 0 aromatic heterocycles. The first kappa shape index (κ1) is 19.0. The third-order valence-corrected chi connectivity index (χ3v) is 2.68. The molecular formula is C14H32N2O4. The molecule has 0 unspecified atom stereocenters. The molecule has 0 fully saturated rings. The fourth-order valence-electron chi connectivity index (χ4n) is 1.37. The zero-order valence-corrected chi connectivity index (χ0v) is 12.9. The van der Waals surface area contributed by atoms with Gasteiger partial charge in [-0.25, -0.2) is 0 Å². The predicted molar refractivity (Wildman–Crippen MR) is 81.9 cm³/mol. The van der Waals surface area contributed by atoms with Gasteiger partial charge in [0.1, 0.15) is 5.78 Å². The zero-order valence-electron chi connectivity index (χ0n) is 12.9. The molecule has 0 rings (SSSR count). The van der Waals surface area contributed by atoms with Crippen molar-refractivity contribution >= 4 is 11.7 Å². The number of carbonyl (C=O) groups excluding carboxylic acids is 2. The van der Waals surface area contributed by atoms with Crippen LogP contribution in [0.15, 0.2) is 0 Å². The molecule has 6 heteroatoms. The first-order chi connectivity index (χ1) is 9.57. The topological polar surface area (TPSA) is 76.7 Å². The third-order valence-electron chi connectivity index (χ3n) is 2.68. The number of ketones is 1. The molecule has 20 heavy (non-hydrogen) atoms. The van der Waals surface area contributed by atoms with Crippen LogP contribution in [0.2, 0.25) is 0 Å². The summed E-state index contributed by atoms with van der Waals surface area (Å²) in [6.45, 7) is 7.17. The number of carbonyl (C=O) groups is 2. The van der Waals surface area contributed by atoms with Crippen molar-refractivity contribution in [2.45, 2.75) is 26.7 Å². The average molecular weight is 292 g/mol. The van der Waals surface area contributed by atoms with Crippen LogP contribution in [0, 0.1) is 5.92 Å². The molecule has 0 aromatic rings. The van der Waals surface area contributed by atoms with Gasteiger partial charge in [0.25, 0.3) is 0 Å². The Morgan fingerprint density at radius 1 is 1.00 bits per heavy atom. The maximum atomic E-state index is 11.4. The number of ether oxygens (including phenoxy) is 2. The molecular weight excluding hydrogens is 260 g/mol. The fourth-order valence-corrected chi connectivity index (χ4v) is 1.37. The highest BCUT2D eigenvalue weighted by molar-refractivity contribution is 5.85. The summed E-state index contributed by atoms with van der Waals surface area (Å²) in [6, 6.07) is 0. The summed E-state index contributed by atoms with van der Waals surface area (Å²) in [5.41, 5.74) is 0. The van der Waals surface area contributed by atoms with Crippen molar-refractivity contribution < 1.29 is 21.9 Å². The lowest BCUT2D eigenvalue weighted by Gasteiger charge is -2.07. The van der Waals surface area contributed by atoms with Gasteiger partial charge in [-0.3, -0.25) is 9.59 Å². The van der Waals surface area contributed by atoms with E-state index in [1.54, 1.807) is 0 Å². The molecule has 122 valence electrons. The molecule has 0 aliphatic carbocycles. The Hall–Kier alpha value is -0.980. The SMILES string of the molecule is CNCCOCCOCCNC(=O)CCC(=O)C(C)C.[HH].[HH]. The Bertz CT molecular complexity index is 280. The molecule has 0 bridgehead atoms. The van der Waals surface area contributed by atoms with Crippen LogP contribution in [0.4, 0.5) is 0 Å². The smallest absolute Gasteiger partial charge is 0.220 e. The second kappa shape index (κ2) is 13.0. The van der Waals surface area contributed by atoms with E-state index < -0.39 is 0 Å². The van der Waals surface area contributed by atoms with Crippen molar-refractivity contribution in [2.24, 2.45) is 5.92 Å². The minimum Gasteiger partial charge on any atom is -0.378 e. The molecule has 0 saturated carbocycles. The third kappa shape index (κ3) is 12.1. The standard InChI is InChI=1S/C14H28N2O4.2H2/c1-12(2)13(17)4-5-14(18)16-7-9-20-11-10-19-8-6-15-3;;/h12,15H,4-11H2,1-3H3,(H,16,18);2*1H. The number of Topliss-reactive ketones (excluding diaryl/α,β-unsaturated/α-hetero) is 1. The summed E-state index contributed by atoms with van der Waals surface area (Å²) >= 11 is 0. The van der Waals surface area contributed by atoms with Crippen LogP contribution >= 0.6 is 0 Å². The highest BCUT2D eigenvalue weighted by atomic mass is 16.5. The van der Waals surface area contributed by atoms with E-state index >= 15 is 0 Å². The van der Waals surface area contributed by atoms with Crippen molar-refractivity contribution in [3.63, 3.8) is 0 Å². The van der Waals surface area contributed by atoms with Crippen LogP contribution in [0.1, 0.15) is 29.5 Å². The zero-order chi connectivity index (χ0) is 15.2. The van der Waals surface area contributed by atoms with E-state index in [-0.39, 0.29) is 26.9 Å². The minimum atomic E-state index is -0.104. The van der Waals surface area contributed by atoms with Gasteiger partial charge in [0.15, 0.2) is 0 Å². The van der Waals surface area contributed by atoms with Crippen molar-refractivity contribution in [2.75, 3.05) is 46.6 Å².